The molecule has 0 aliphatic carbocycles. The van der Waals surface area contributed by atoms with Crippen molar-refractivity contribution in [2.75, 3.05) is 5.32 Å². The topological polar surface area (TPSA) is 46.1 Å². The van der Waals surface area contributed by atoms with Crippen LogP contribution < -0.4 is 10.6 Å². The maximum Gasteiger partial charge on any atom is 0.319 e. The summed E-state index contributed by atoms with van der Waals surface area (Å²) >= 11 is 4.88. The lowest BCUT2D eigenvalue weighted by Gasteiger charge is -2.11. The van der Waals surface area contributed by atoms with Crippen LogP contribution in [0.5, 0.6) is 0 Å². The van der Waals surface area contributed by atoms with Crippen molar-refractivity contribution >= 4 is 49.9 Å². The summed E-state index contributed by atoms with van der Waals surface area (Å²) in [6, 6.07) is 16.4. The number of nitrogens with one attached hydrogen (secondary N) is 2. The fourth-order valence-corrected chi connectivity index (χ4v) is 4.64. The minimum absolute atomic E-state index is 0.139. The van der Waals surface area contributed by atoms with Crippen LogP contribution in [-0.2, 0) is 13.1 Å². The molecule has 0 bridgehead atoms. The number of carbonyl (C=O) groups excluding carboxylic acids is 1. The Morgan fingerprint density at radius 3 is 2.72 bits per heavy atom. The van der Waals surface area contributed by atoms with Crippen molar-refractivity contribution in [2.45, 2.75) is 20.0 Å². The number of nitrogens with zero attached hydrogens (tertiary/aromatic N) is 1. The summed E-state index contributed by atoms with van der Waals surface area (Å²) < 4.78 is 16.9. The number of aromatic nitrogens is 1. The summed E-state index contributed by atoms with van der Waals surface area (Å²) in [6.45, 7) is 3.28. The minimum Gasteiger partial charge on any atom is -0.340 e. The fourth-order valence-electron chi connectivity index (χ4n) is 3.50. The standard InChI is InChI=1S/C22H19BrFN3OS/c1-2-27-19-7-4-3-6-15(19)16(21(27)20-8-5-11-29-20)13-25-22(28)26-18-10-9-14(23)12-17(18)24/h3-12H,2,13H2,1H3,(H2,25,26,28). The molecule has 0 atom stereocenters. The van der Waals surface area contributed by atoms with Crippen LogP contribution in [0, 0.1) is 5.82 Å². The fraction of sp³-hybridized carbons (Fsp3) is 0.136. The number of benzene rings is 2. The molecule has 0 fully saturated rings. The van der Waals surface area contributed by atoms with E-state index >= 15 is 0 Å². The second-order valence-corrected chi connectivity index (χ2v) is 8.36. The number of amides is 2. The Labute approximate surface area is 180 Å². The van der Waals surface area contributed by atoms with Crippen LogP contribution in [0.4, 0.5) is 14.9 Å². The van der Waals surface area contributed by atoms with Gasteiger partial charge in [0.2, 0.25) is 0 Å². The van der Waals surface area contributed by atoms with Crippen molar-refractivity contribution in [2.24, 2.45) is 0 Å². The van der Waals surface area contributed by atoms with E-state index in [9.17, 15) is 9.18 Å². The largest absolute Gasteiger partial charge is 0.340 e. The summed E-state index contributed by atoms with van der Waals surface area (Å²) in [4.78, 5) is 13.6. The quantitative estimate of drug-likeness (QED) is 0.337. The van der Waals surface area contributed by atoms with Gasteiger partial charge in [0.25, 0.3) is 0 Å². The summed E-state index contributed by atoms with van der Waals surface area (Å²) in [5, 5.41) is 8.62. The molecule has 0 aliphatic rings. The molecule has 29 heavy (non-hydrogen) atoms. The third-order valence-electron chi connectivity index (χ3n) is 4.75. The molecule has 0 spiro atoms. The molecule has 0 saturated heterocycles. The van der Waals surface area contributed by atoms with Crippen molar-refractivity contribution in [3.05, 3.63) is 75.8 Å². The van der Waals surface area contributed by atoms with Gasteiger partial charge in [0.1, 0.15) is 5.82 Å². The number of anilines is 1. The number of para-hydroxylation sites is 1. The number of halogens is 2. The predicted molar refractivity (Wildman–Crippen MR) is 121 cm³/mol. The number of aryl methyl sites for hydroxylation is 1. The molecular formula is C22H19BrFN3OS. The molecule has 2 aromatic heterocycles. The van der Waals surface area contributed by atoms with Gasteiger partial charge in [-0.3, -0.25) is 0 Å². The molecule has 0 radical (unpaired) electrons. The second-order valence-electron chi connectivity index (χ2n) is 6.50. The zero-order valence-electron chi connectivity index (χ0n) is 15.7. The minimum atomic E-state index is -0.489. The van der Waals surface area contributed by atoms with E-state index in [1.807, 2.05) is 23.6 Å². The average molecular weight is 472 g/mol. The summed E-state index contributed by atoms with van der Waals surface area (Å²) in [7, 11) is 0. The molecule has 0 saturated carbocycles. The molecular weight excluding hydrogens is 453 g/mol. The SMILES string of the molecule is CCn1c(-c2cccs2)c(CNC(=O)Nc2ccc(Br)cc2F)c2ccccc21. The number of thiophene rings is 1. The summed E-state index contributed by atoms with van der Waals surface area (Å²) in [5.74, 6) is -0.489. The van der Waals surface area contributed by atoms with E-state index in [1.165, 1.54) is 12.1 Å². The van der Waals surface area contributed by atoms with Crippen LogP contribution in [-0.4, -0.2) is 10.6 Å². The molecule has 2 N–H and O–H groups in total. The molecule has 4 rings (SSSR count). The lowest BCUT2D eigenvalue weighted by molar-refractivity contribution is 0.251. The highest BCUT2D eigenvalue weighted by Gasteiger charge is 2.19. The van der Waals surface area contributed by atoms with Gasteiger partial charge in [0.05, 0.1) is 16.3 Å². The van der Waals surface area contributed by atoms with Gasteiger partial charge in [-0.2, -0.15) is 0 Å². The van der Waals surface area contributed by atoms with Crippen molar-refractivity contribution in [3.8, 4) is 10.6 Å². The Kier molecular flexibility index (Phi) is 5.69. The highest BCUT2D eigenvalue weighted by atomic mass is 79.9. The molecule has 4 nitrogen and oxygen atoms in total. The highest BCUT2D eigenvalue weighted by molar-refractivity contribution is 9.10. The molecule has 148 valence electrons. The van der Waals surface area contributed by atoms with E-state index in [2.05, 4.69) is 56.3 Å². The van der Waals surface area contributed by atoms with Gasteiger partial charge >= 0.3 is 6.03 Å². The van der Waals surface area contributed by atoms with Crippen molar-refractivity contribution in [1.82, 2.24) is 9.88 Å². The van der Waals surface area contributed by atoms with Crippen molar-refractivity contribution < 1.29 is 9.18 Å². The summed E-state index contributed by atoms with van der Waals surface area (Å²) in [5.41, 5.74) is 3.44. The Bertz CT molecular complexity index is 1170. The molecule has 2 amide bonds. The monoisotopic (exact) mass is 471 g/mol. The van der Waals surface area contributed by atoms with Crippen LogP contribution in [0.2, 0.25) is 0 Å². The molecule has 7 heteroatoms. The Morgan fingerprint density at radius 1 is 1.17 bits per heavy atom. The van der Waals surface area contributed by atoms with Gasteiger partial charge in [-0.05, 0) is 42.6 Å². The number of urea groups is 1. The van der Waals surface area contributed by atoms with E-state index in [1.54, 1.807) is 17.4 Å². The first-order valence-electron chi connectivity index (χ1n) is 9.22. The Balaban J connectivity index is 1.64. The number of hydrogen-bond donors (Lipinski definition) is 2. The van der Waals surface area contributed by atoms with Gasteiger partial charge in [0.15, 0.2) is 0 Å². The van der Waals surface area contributed by atoms with E-state index in [0.717, 1.165) is 33.6 Å². The van der Waals surface area contributed by atoms with Gasteiger partial charge in [0, 0.05) is 34.0 Å². The lowest BCUT2D eigenvalue weighted by atomic mass is 10.1. The molecule has 0 aliphatic heterocycles. The predicted octanol–water partition coefficient (Wildman–Crippen LogP) is 6.61. The Morgan fingerprint density at radius 2 is 2.00 bits per heavy atom. The number of fused-ring (bicyclic) bond motifs is 1. The third-order valence-corrected chi connectivity index (χ3v) is 6.12. The Hall–Kier alpha value is -2.64. The maximum atomic E-state index is 14.0. The number of rotatable bonds is 5. The smallest absolute Gasteiger partial charge is 0.319 e. The first kappa shape index (κ1) is 19.7. The molecule has 4 aromatic rings. The molecule has 2 heterocycles. The number of carbonyl (C=O) groups is 1. The van der Waals surface area contributed by atoms with Crippen LogP contribution in [0.25, 0.3) is 21.5 Å². The molecule has 0 unspecified atom stereocenters. The molecule has 2 aromatic carbocycles. The van der Waals surface area contributed by atoms with E-state index in [-0.39, 0.29) is 5.69 Å². The maximum absolute atomic E-state index is 14.0. The van der Waals surface area contributed by atoms with Crippen molar-refractivity contribution in [3.63, 3.8) is 0 Å². The second kappa shape index (κ2) is 8.39. The van der Waals surface area contributed by atoms with Gasteiger partial charge in [-0.1, -0.05) is 40.2 Å². The van der Waals surface area contributed by atoms with E-state index < -0.39 is 11.8 Å². The zero-order chi connectivity index (χ0) is 20.4. The van der Waals surface area contributed by atoms with Gasteiger partial charge in [-0.25, -0.2) is 9.18 Å². The van der Waals surface area contributed by atoms with Crippen molar-refractivity contribution in [1.29, 1.82) is 0 Å². The van der Waals surface area contributed by atoms with Gasteiger partial charge in [-0.15, -0.1) is 11.3 Å². The van der Waals surface area contributed by atoms with E-state index in [4.69, 9.17) is 0 Å². The highest BCUT2D eigenvalue weighted by Crippen LogP contribution is 2.36. The van der Waals surface area contributed by atoms with E-state index in [0.29, 0.717) is 11.0 Å². The van der Waals surface area contributed by atoms with Gasteiger partial charge < -0.3 is 15.2 Å². The third kappa shape index (κ3) is 3.93. The summed E-state index contributed by atoms with van der Waals surface area (Å²) in [6.07, 6.45) is 0. The van der Waals surface area contributed by atoms with Crippen LogP contribution in [0.1, 0.15) is 12.5 Å². The first-order valence-corrected chi connectivity index (χ1v) is 10.9. The first-order chi connectivity index (χ1) is 14.1. The lowest BCUT2D eigenvalue weighted by Crippen LogP contribution is -2.28. The zero-order valence-corrected chi connectivity index (χ0v) is 18.1. The van der Waals surface area contributed by atoms with Crippen LogP contribution in [0.15, 0.2) is 64.5 Å². The number of hydrogen-bond acceptors (Lipinski definition) is 2. The average Bonchev–Trinajstić information content (AvgIpc) is 3.34. The van der Waals surface area contributed by atoms with Crippen LogP contribution >= 0.6 is 27.3 Å². The van der Waals surface area contributed by atoms with Crippen LogP contribution in [0.3, 0.4) is 0 Å². The normalized spacial score (nSPS) is 11.0.